The van der Waals surface area contributed by atoms with Crippen molar-refractivity contribution in [2.45, 2.75) is 71.3 Å². The van der Waals surface area contributed by atoms with Crippen molar-refractivity contribution in [3.8, 4) is 16.2 Å². The van der Waals surface area contributed by atoms with Gasteiger partial charge in [0.25, 0.3) is 0 Å². The molecule has 1 fully saturated rings. The zero-order valence-corrected chi connectivity index (χ0v) is 28.5. The fourth-order valence-electron chi connectivity index (χ4n) is 5.68. The van der Waals surface area contributed by atoms with Crippen molar-refractivity contribution in [1.29, 1.82) is 0 Å². The number of aromatic nitrogens is 1. The molecule has 0 radical (unpaired) electrons. The first-order valence-corrected chi connectivity index (χ1v) is 16.8. The van der Waals surface area contributed by atoms with Crippen molar-refractivity contribution in [2.75, 3.05) is 26.4 Å². The number of carbonyl (C=O) groups is 4. The van der Waals surface area contributed by atoms with Gasteiger partial charge in [-0.3, -0.25) is 19.3 Å². The van der Waals surface area contributed by atoms with Gasteiger partial charge >= 0.3 is 5.97 Å². The third-order valence-corrected chi connectivity index (χ3v) is 9.37. The van der Waals surface area contributed by atoms with E-state index in [-0.39, 0.29) is 44.2 Å². The van der Waals surface area contributed by atoms with Crippen molar-refractivity contribution >= 4 is 35.4 Å². The van der Waals surface area contributed by atoms with E-state index in [9.17, 15) is 24.3 Å². The van der Waals surface area contributed by atoms with Crippen LogP contribution >= 0.6 is 11.3 Å². The Morgan fingerprint density at radius 1 is 1.06 bits per heavy atom. The molecule has 1 aromatic heterocycles. The number of carboxylic acid groups (broad SMARTS) is 1. The second kappa shape index (κ2) is 16.3. The number of β-amino-alcohol motifs (C(OH)–C–C–N with tert-alkyl or cyclic N) is 1. The van der Waals surface area contributed by atoms with E-state index in [2.05, 4.69) is 15.6 Å². The molecule has 0 bridgehead atoms. The molecule has 1 aliphatic rings. The summed E-state index contributed by atoms with van der Waals surface area (Å²) in [5, 5.41) is 25.4. The van der Waals surface area contributed by atoms with E-state index in [1.165, 1.54) is 12.1 Å². The Morgan fingerprint density at radius 3 is 2.35 bits per heavy atom. The highest BCUT2D eigenvalue weighted by Gasteiger charge is 2.55. The zero-order chi connectivity index (χ0) is 34.9. The van der Waals surface area contributed by atoms with E-state index in [0.29, 0.717) is 31.5 Å². The second-order valence-electron chi connectivity index (χ2n) is 12.9. The molecule has 1 aliphatic heterocycles. The number of benzene rings is 2. The number of aryl methyl sites for hydroxylation is 1. The van der Waals surface area contributed by atoms with Crippen molar-refractivity contribution in [3.05, 3.63) is 70.9 Å². The molecule has 0 spiro atoms. The number of aromatic carboxylic acids is 1. The van der Waals surface area contributed by atoms with Gasteiger partial charge < -0.3 is 30.3 Å². The predicted octanol–water partition coefficient (Wildman–Crippen LogP) is 3.80. The Bertz CT molecular complexity index is 1550. The normalized spacial score (nSPS) is 17.8. The van der Waals surface area contributed by atoms with Crippen LogP contribution in [0, 0.1) is 12.3 Å². The summed E-state index contributed by atoms with van der Waals surface area (Å²) >= 11 is 1.57. The van der Waals surface area contributed by atoms with Crippen LogP contribution in [0.3, 0.4) is 0 Å². The average molecular weight is 681 g/mol. The van der Waals surface area contributed by atoms with Crippen LogP contribution in [0.5, 0.6) is 5.75 Å². The van der Waals surface area contributed by atoms with E-state index in [0.717, 1.165) is 21.7 Å². The number of nitrogens with one attached hydrogen (secondary N) is 2. The number of aliphatic hydroxyl groups is 1. The summed E-state index contributed by atoms with van der Waals surface area (Å²) in [5.41, 5.74) is 2.45. The summed E-state index contributed by atoms with van der Waals surface area (Å²) in [7, 11) is 0. The third kappa shape index (κ3) is 9.04. The van der Waals surface area contributed by atoms with E-state index in [4.69, 9.17) is 14.6 Å². The molecule has 0 aliphatic carbocycles. The number of aldehydes is 1. The highest BCUT2D eigenvalue weighted by Crippen LogP contribution is 2.37. The van der Waals surface area contributed by atoms with Gasteiger partial charge in [-0.25, -0.2) is 9.78 Å². The predicted molar refractivity (Wildman–Crippen MR) is 181 cm³/mol. The molecule has 13 heteroatoms. The smallest absolute Gasteiger partial charge is 0.335 e. The number of carboxylic acids is 1. The first-order valence-electron chi connectivity index (χ1n) is 15.9. The van der Waals surface area contributed by atoms with Crippen molar-refractivity contribution in [2.24, 2.45) is 5.41 Å². The number of aliphatic hydroxyl groups excluding tert-OH is 1. The number of thiazole rings is 1. The number of likely N-dealkylation sites (tertiary alicyclic amines) is 1. The highest BCUT2D eigenvalue weighted by atomic mass is 32.1. The van der Waals surface area contributed by atoms with Gasteiger partial charge in [-0.15, -0.1) is 11.3 Å². The Balaban J connectivity index is 1.29. The molecule has 2 amide bonds. The van der Waals surface area contributed by atoms with Crippen molar-refractivity contribution in [3.63, 3.8) is 0 Å². The summed E-state index contributed by atoms with van der Waals surface area (Å²) < 4.78 is 11.2. The van der Waals surface area contributed by atoms with E-state index in [1.54, 1.807) is 49.1 Å². The molecule has 2 heterocycles. The molecular weight excluding hydrogens is 636 g/mol. The number of nitrogens with zero attached hydrogens (tertiary/aromatic N) is 2. The van der Waals surface area contributed by atoms with Crippen LogP contribution in [-0.4, -0.2) is 88.3 Å². The maximum Gasteiger partial charge on any atom is 0.335 e. The molecule has 0 unspecified atom stereocenters. The maximum atomic E-state index is 13.5. The van der Waals surface area contributed by atoms with Gasteiger partial charge in [0.15, 0.2) is 11.9 Å². The van der Waals surface area contributed by atoms with Gasteiger partial charge in [0.05, 0.1) is 40.4 Å². The molecule has 3 aromatic rings. The van der Waals surface area contributed by atoms with Crippen LogP contribution in [0.25, 0.3) is 10.4 Å². The summed E-state index contributed by atoms with van der Waals surface area (Å²) in [5.74, 6) is -1.32. The average Bonchev–Trinajstić information content (AvgIpc) is 3.67. The molecule has 12 nitrogen and oxygen atoms in total. The van der Waals surface area contributed by atoms with Crippen LogP contribution in [0.2, 0.25) is 0 Å². The first-order chi connectivity index (χ1) is 22.8. The second-order valence-corrected chi connectivity index (χ2v) is 13.7. The monoisotopic (exact) mass is 680 g/mol. The molecule has 1 saturated heterocycles. The minimum absolute atomic E-state index is 0.0250. The Labute approximate surface area is 284 Å². The van der Waals surface area contributed by atoms with Gasteiger partial charge in [-0.2, -0.15) is 0 Å². The lowest BCUT2D eigenvalue weighted by molar-refractivity contribution is -0.149. The van der Waals surface area contributed by atoms with Gasteiger partial charge in [0, 0.05) is 25.1 Å². The lowest BCUT2D eigenvalue weighted by Crippen LogP contribution is -2.71. The Morgan fingerprint density at radius 2 is 1.75 bits per heavy atom. The molecule has 4 N–H and O–H groups in total. The first kappa shape index (κ1) is 36.7. The van der Waals surface area contributed by atoms with Crippen LogP contribution in [0.15, 0.2) is 54.0 Å². The Kier molecular flexibility index (Phi) is 12.4. The Hall–Kier alpha value is -4.17. The zero-order valence-electron chi connectivity index (χ0n) is 27.7. The standard InChI is InChI=1S/C35H44N4O8S/c1-23-31(48-22-37-23)25-9-7-24(8-10-25)18-36-32(43)29-17-27(41)19-39(29)35(21-40,34(2,3)4)38-30(42)20-46-15-5-6-16-47-28-13-11-26(12-14-28)33(44)45/h7-14,21-22,27,29,41H,5-6,15-20H2,1-4H3,(H,36,43)(H,38,42)(H,44,45)/t27-,29+,35-/m1/s1. The van der Waals surface area contributed by atoms with Crippen LogP contribution in [0.4, 0.5) is 0 Å². The summed E-state index contributed by atoms with van der Waals surface area (Å²) in [6.07, 6.45) is 1.13. The van der Waals surface area contributed by atoms with Crippen LogP contribution in [-0.2, 0) is 25.7 Å². The van der Waals surface area contributed by atoms with E-state index >= 15 is 0 Å². The molecule has 0 saturated carbocycles. The molecule has 48 heavy (non-hydrogen) atoms. The van der Waals surface area contributed by atoms with Crippen molar-refractivity contribution in [1.82, 2.24) is 20.5 Å². The van der Waals surface area contributed by atoms with Crippen LogP contribution in [0.1, 0.15) is 61.6 Å². The summed E-state index contributed by atoms with van der Waals surface area (Å²) in [4.78, 5) is 57.4. The van der Waals surface area contributed by atoms with E-state index in [1.807, 2.05) is 36.7 Å². The number of hydrogen-bond acceptors (Lipinski definition) is 10. The van der Waals surface area contributed by atoms with Crippen LogP contribution < -0.4 is 15.4 Å². The maximum absolute atomic E-state index is 13.5. The minimum Gasteiger partial charge on any atom is -0.494 e. The number of ether oxygens (including phenoxy) is 2. The molecule has 2 aromatic carbocycles. The number of rotatable bonds is 16. The topological polar surface area (TPSA) is 167 Å². The number of carbonyl (C=O) groups excluding carboxylic acids is 3. The van der Waals surface area contributed by atoms with Gasteiger partial charge in [0.2, 0.25) is 11.8 Å². The molecular formula is C35H44N4O8S. The fraction of sp³-hybridized carbons (Fsp3) is 0.457. The molecule has 3 atom stereocenters. The SMILES string of the molecule is Cc1ncsc1-c1ccc(CNC(=O)[C@@H]2C[C@@H](O)CN2[C@@](C=O)(NC(=O)COCCCCOc2ccc(C(=O)O)cc2)C(C)(C)C)cc1. The van der Waals surface area contributed by atoms with Crippen molar-refractivity contribution < 1.29 is 38.9 Å². The van der Waals surface area contributed by atoms with E-state index < -0.39 is 35.1 Å². The summed E-state index contributed by atoms with van der Waals surface area (Å²) in [6.45, 7) is 7.99. The third-order valence-electron chi connectivity index (χ3n) is 8.39. The lowest BCUT2D eigenvalue weighted by Gasteiger charge is -2.49. The lowest BCUT2D eigenvalue weighted by atomic mass is 9.79. The fourth-order valence-corrected chi connectivity index (χ4v) is 6.49. The quantitative estimate of drug-likeness (QED) is 0.129. The highest BCUT2D eigenvalue weighted by molar-refractivity contribution is 7.13. The molecule has 258 valence electrons. The number of unbranched alkanes of at least 4 members (excludes halogenated alkanes) is 1. The largest absolute Gasteiger partial charge is 0.494 e. The molecule has 4 rings (SSSR count). The summed E-state index contributed by atoms with van der Waals surface area (Å²) in [6, 6.07) is 13.1. The van der Waals surface area contributed by atoms with Gasteiger partial charge in [-0.05, 0) is 61.6 Å². The number of hydrogen-bond donors (Lipinski definition) is 4. The van der Waals surface area contributed by atoms with Gasteiger partial charge in [-0.1, -0.05) is 45.0 Å². The van der Waals surface area contributed by atoms with Gasteiger partial charge in [0.1, 0.15) is 12.4 Å². The minimum atomic E-state index is -1.59. The number of amides is 2.